The molecule has 4 nitrogen and oxygen atoms in total. The van der Waals surface area contributed by atoms with Crippen LogP contribution in [0.25, 0.3) is 0 Å². The van der Waals surface area contributed by atoms with Gasteiger partial charge < -0.3 is 10.1 Å². The van der Waals surface area contributed by atoms with Crippen LogP contribution in [0.15, 0.2) is 0 Å². The largest absolute Gasteiger partial charge is 0.469 e. The Balaban J connectivity index is 2.42. The highest BCUT2D eigenvalue weighted by molar-refractivity contribution is 5.81. The van der Waals surface area contributed by atoms with E-state index in [4.69, 9.17) is 0 Å². The molecule has 0 radical (unpaired) electrons. The second kappa shape index (κ2) is 4.75. The predicted molar refractivity (Wildman–Crippen MR) is 56.5 cm³/mol. The Bertz CT molecular complexity index is 261. The van der Waals surface area contributed by atoms with Gasteiger partial charge in [-0.05, 0) is 20.3 Å². The summed E-state index contributed by atoms with van der Waals surface area (Å²) in [7, 11) is 1.38. The third-order valence-corrected chi connectivity index (χ3v) is 2.63. The molecule has 1 N–H and O–H groups in total. The van der Waals surface area contributed by atoms with Crippen molar-refractivity contribution in [2.45, 2.75) is 51.1 Å². The van der Waals surface area contributed by atoms with Gasteiger partial charge in [-0.2, -0.15) is 0 Å². The van der Waals surface area contributed by atoms with Gasteiger partial charge in [-0.25, -0.2) is 0 Å². The molecule has 1 fully saturated rings. The van der Waals surface area contributed by atoms with Crippen LogP contribution in [-0.2, 0) is 14.3 Å². The van der Waals surface area contributed by atoms with Crippen molar-refractivity contribution >= 4 is 11.8 Å². The number of nitrogens with one attached hydrogen (secondary N) is 1. The lowest BCUT2D eigenvalue weighted by Gasteiger charge is -2.36. The molecule has 4 heteroatoms. The number of ketones is 1. The number of Topliss-reactive ketones (excluding diaryl/α,β-unsaturated/α-hetero) is 1. The van der Waals surface area contributed by atoms with Crippen LogP contribution in [-0.4, -0.2) is 30.4 Å². The van der Waals surface area contributed by atoms with Crippen molar-refractivity contribution in [3.63, 3.8) is 0 Å². The van der Waals surface area contributed by atoms with Crippen LogP contribution in [0.2, 0.25) is 0 Å². The average Bonchev–Trinajstić information content (AvgIpc) is 2.11. The van der Waals surface area contributed by atoms with Crippen LogP contribution in [0, 0.1) is 0 Å². The number of rotatable bonds is 3. The first-order chi connectivity index (χ1) is 6.93. The first-order valence-electron chi connectivity index (χ1n) is 5.29. The molecule has 1 aliphatic heterocycles. The summed E-state index contributed by atoms with van der Waals surface area (Å²) in [5.41, 5.74) is -0.143. The molecule has 1 rings (SSSR count). The van der Waals surface area contributed by atoms with Gasteiger partial charge in [0.15, 0.2) is 0 Å². The van der Waals surface area contributed by atoms with Crippen molar-refractivity contribution < 1.29 is 14.3 Å². The number of esters is 1. The highest BCUT2D eigenvalue weighted by Gasteiger charge is 2.31. The van der Waals surface area contributed by atoms with E-state index < -0.39 is 0 Å². The van der Waals surface area contributed by atoms with Gasteiger partial charge in [0.2, 0.25) is 0 Å². The fraction of sp³-hybridized carbons (Fsp3) is 0.818. The summed E-state index contributed by atoms with van der Waals surface area (Å²) in [5.74, 6) is 0.0567. The Morgan fingerprint density at radius 3 is 2.80 bits per heavy atom. The number of ether oxygens (including phenoxy) is 1. The lowest BCUT2D eigenvalue weighted by Crippen LogP contribution is -2.52. The van der Waals surface area contributed by atoms with Crippen LogP contribution in [0.1, 0.15) is 39.5 Å². The standard InChI is InChI=1S/C11H19NO3/c1-11(2)7-9(13)6-8(12-11)4-5-10(14)15-3/h8,12H,4-7H2,1-3H3. The van der Waals surface area contributed by atoms with Gasteiger partial charge in [0, 0.05) is 30.8 Å². The molecular formula is C11H19NO3. The Morgan fingerprint density at radius 2 is 2.27 bits per heavy atom. The predicted octanol–water partition coefficient (Wildman–Crippen LogP) is 1.04. The summed E-state index contributed by atoms with van der Waals surface area (Å²) in [6, 6.07) is 0.111. The molecule has 1 unspecified atom stereocenters. The van der Waals surface area contributed by atoms with Gasteiger partial charge >= 0.3 is 5.97 Å². The van der Waals surface area contributed by atoms with Crippen LogP contribution < -0.4 is 5.32 Å². The molecule has 1 atom stereocenters. The maximum Gasteiger partial charge on any atom is 0.305 e. The first-order valence-corrected chi connectivity index (χ1v) is 5.29. The molecule has 0 aromatic heterocycles. The van der Waals surface area contributed by atoms with Crippen LogP contribution in [0.3, 0.4) is 0 Å². The lowest BCUT2D eigenvalue weighted by molar-refractivity contribution is -0.141. The number of hydrogen-bond acceptors (Lipinski definition) is 4. The molecule has 1 saturated heterocycles. The Kier molecular flexibility index (Phi) is 3.85. The summed E-state index contributed by atoms with van der Waals surface area (Å²) in [4.78, 5) is 22.4. The summed E-state index contributed by atoms with van der Waals surface area (Å²) >= 11 is 0. The molecule has 0 amide bonds. The maximum atomic E-state index is 11.4. The first kappa shape index (κ1) is 12.2. The highest BCUT2D eigenvalue weighted by atomic mass is 16.5. The van der Waals surface area contributed by atoms with Crippen molar-refractivity contribution in [2.75, 3.05) is 7.11 Å². The molecule has 1 heterocycles. The second-order valence-electron chi connectivity index (χ2n) is 4.76. The van der Waals surface area contributed by atoms with Gasteiger partial charge in [-0.3, -0.25) is 9.59 Å². The summed E-state index contributed by atoms with van der Waals surface area (Å²) in [6.07, 6.45) is 2.14. The number of methoxy groups -OCH3 is 1. The third-order valence-electron chi connectivity index (χ3n) is 2.63. The molecule has 0 aromatic carbocycles. The van der Waals surface area contributed by atoms with E-state index in [0.717, 1.165) is 0 Å². The summed E-state index contributed by atoms with van der Waals surface area (Å²) in [5, 5.41) is 3.37. The van der Waals surface area contributed by atoms with E-state index in [1.165, 1.54) is 7.11 Å². The van der Waals surface area contributed by atoms with Crippen LogP contribution in [0.4, 0.5) is 0 Å². The van der Waals surface area contributed by atoms with Crippen molar-refractivity contribution in [3.05, 3.63) is 0 Å². The van der Waals surface area contributed by atoms with E-state index in [1.54, 1.807) is 0 Å². The van der Waals surface area contributed by atoms with Crippen molar-refractivity contribution in [2.24, 2.45) is 0 Å². The third kappa shape index (κ3) is 4.00. The number of carbonyl (C=O) groups is 2. The van der Waals surface area contributed by atoms with E-state index in [-0.39, 0.29) is 23.3 Å². The van der Waals surface area contributed by atoms with Gasteiger partial charge in [0.25, 0.3) is 0 Å². The zero-order chi connectivity index (χ0) is 11.5. The number of carbonyl (C=O) groups excluding carboxylic acids is 2. The fourth-order valence-electron chi connectivity index (χ4n) is 2.06. The Hall–Kier alpha value is -0.900. The van der Waals surface area contributed by atoms with Crippen LogP contribution >= 0.6 is 0 Å². The highest BCUT2D eigenvalue weighted by Crippen LogP contribution is 2.21. The topological polar surface area (TPSA) is 55.4 Å². The van der Waals surface area contributed by atoms with Crippen molar-refractivity contribution in [3.8, 4) is 0 Å². The monoisotopic (exact) mass is 213 g/mol. The second-order valence-corrected chi connectivity index (χ2v) is 4.76. The molecule has 0 spiro atoms. The summed E-state index contributed by atoms with van der Waals surface area (Å²) in [6.45, 7) is 4.02. The van der Waals surface area contributed by atoms with Gasteiger partial charge in [-0.15, -0.1) is 0 Å². The molecule has 0 bridgehead atoms. The van der Waals surface area contributed by atoms with E-state index in [9.17, 15) is 9.59 Å². The zero-order valence-corrected chi connectivity index (χ0v) is 9.63. The zero-order valence-electron chi connectivity index (χ0n) is 9.63. The quantitative estimate of drug-likeness (QED) is 0.712. The number of piperidine rings is 1. The molecular weight excluding hydrogens is 194 g/mol. The number of hydrogen-bond donors (Lipinski definition) is 1. The van der Waals surface area contributed by atoms with E-state index in [1.807, 2.05) is 13.8 Å². The van der Waals surface area contributed by atoms with Gasteiger partial charge in [0.1, 0.15) is 5.78 Å². The average molecular weight is 213 g/mol. The van der Waals surface area contributed by atoms with Crippen molar-refractivity contribution in [1.29, 1.82) is 0 Å². The van der Waals surface area contributed by atoms with Crippen molar-refractivity contribution in [1.82, 2.24) is 5.32 Å². The van der Waals surface area contributed by atoms with E-state index in [0.29, 0.717) is 25.7 Å². The minimum atomic E-state index is -0.215. The SMILES string of the molecule is COC(=O)CCC1CC(=O)CC(C)(C)N1. The minimum Gasteiger partial charge on any atom is -0.469 e. The fourth-order valence-corrected chi connectivity index (χ4v) is 2.06. The smallest absolute Gasteiger partial charge is 0.305 e. The Labute approximate surface area is 90.4 Å². The molecule has 0 saturated carbocycles. The molecule has 0 aromatic rings. The maximum absolute atomic E-state index is 11.4. The van der Waals surface area contributed by atoms with E-state index >= 15 is 0 Å². The normalized spacial score (nSPS) is 25.0. The minimum absolute atomic E-state index is 0.111. The molecule has 86 valence electrons. The molecule has 0 aliphatic carbocycles. The van der Waals surface area contributed by atoms with E-state index in [2.05, 4.69) is 10.1 Å². The summed E-state index contributed by atoms with van der Waals surface area (Å²) < 4.78 is 4.57. The lowest BCUT2D eigenvalue weighted by atomic mass is 9.87. The van der Waals surface area contributed by atoms with Gasteiger partial charge in [-0.1, -0.05) is 0 Å². The van der Waals surface area contributed by atoms with Crippen LogP contribution in [0.5, 0.6) is 0 Å². The molecule has 15 heavy (non-hydrogen) atoms. The van der Waals surface area contributed by atoms with Gasteiger partial charge in [0.05, 0.1) is 7.11 Å². The Morgan fingerprint density at radius 1 is 1.60 bits per heavy atom. The molecule has 1 aliphatic rings.